The molecule has 0 aliphatic carbocycles. The van der Waals surface area contributed by atoms with E-state index in [1.54, 1.807) is 13.2 Å². The fraction of sp³-hybridized carbons (Fsp3) is 0.333. The molecule has 27 heavy (non-hydrogen) atoms. The smallest absolute Gasteiger partial charge is 0.344 e. The lowest BCUT2D eigenvalue weighted by atomic mass is 10.0. The lowest BCUT2D eigenvalue weighted by molar-refractivity contribution is -0.115. The summed E-state index contributed by atoms with van der Waals surface area (Å²) < 4.78 is 38.3. The molecule has 0 bridgehead atoms. The number of hydrogen-bond donors (Lipinski definition) is 1. The van der Waals surface area contributed by atoms with Crippen LogP contribution in [0.4, 0.5) is 24.8 Å². The van der Waals surface area contributed by atoms with Crippen molar-refractivity contribution in [2.45, 2.75) is 26.9 Å². The molecule has 0 saturated heterocycles. The lowest BCUT2D eigenvalue weighted by Crippen LogP contribution is -2.22. The molecule has 0 atom stereocenters. The van der Waals surface area contributed by atoms with E-state index in [2.05, 4.69) is 25.6 Å². The second kappa shape index (κ2) is 8.61. The molecule has 3 aromatic rings. The molecule has 9 heteroatoms. The standard InChI is InChI=1S/C16H15F3N6.C2H6/c1-10-7-11(3-4-13(10)23-20-2)12-5-6-25-14(12)8-21-15(24-25)22-9-16(17,18)19;1-2/h3-8H,9H2,1-2H3,(H,22,24);1-2H3. The predicted octanol–water partition coefficient (Wildman–Crippen LogP) is 5.42. The van der Waals surface area contributed by atoms with Gasteiger partial charge in [-0.3, -0.25) is 0 Å². The van der Waals surface area contributed by atoms with E-state index < -0.39 is 12.7 Å². The van der Waals surface area contributed by atoms with E-state index in [1.165, 1.54) is 10.7 Å². The molecule has 6 nitrogen and oxygen atoms in total. The molecule has 0 unspecified atom stereocenters. The number of azo groups is 1. The van der Waals surface area contributed by atoms with Gasteiger partial charge in [-0.25, -0.2) is 9.50 Å². The number of benzene rings is 1. The van der Waals surface area contributed by atoms with Crippen LogP contribution in [0.25, 0.3) is 16.6 Å². The Labute approximate surface area is 155 Å². The van der Waals surface area contributed by atoms with Crippen molar-refractivity contribution in [3.8, 4) is 11.1 Å². The fourth-order valence-corrected chi connectivity index (χ4v) is 2.45. The number of halogens is 3. The Balaban J connectivity index is 0.00000126. The third-order valence-electron chi connectivity index (χ3n) is 3.58. The van der Waals surface area contributed by atoms with Crippen LogP contribution in [0.1, 0.15) is 19.4 Å². The molecule has 3 rings (SSSR count). The van der Waals surface area contributed by atoms with E-state index in [0.717, 1.165) is 22.4 Å². The second-order valence-corrected chi connectivity index (χ2v) is 5.41. The summed E-state index contributed by atoms with van der Waals surface area (Å²) in [5.41, 5.74) is 4.26. The van der Waals surface area contributed by atoms with E-state index in [4.69, 9.17) is 0 Å². The Morgan fingerprint density at radius 1 is 1.19 bits per heavy atom. The summed E-state index contributed by atoms with van der Waals surface area (Å²) in [6, 6.07) is 7.58. The third-order valence-corrected chi connectivity index (χ3v) is 3.58. The maximum Gasteiger partial charge on any atom is 0.405 e. The van der Waals surface area contributed by atoms with Gasteiger partial charge in [0.05, 0.1) is 17.4 Å². The van der Waals surface area contributed by atoms with Crippen molar-refractivity contribution in [1.29, 1.82) is 0 Å². The molecule has 0 amide bonds. The zero-order chi connectivity index (χ0) is 20.0. The number of rotatable bonds is 4. The van der Waals surface area contributed by atoms with E-state index in [9.17, 15) is 13.2 Å². The number of hydrogen-bond acceptors (Lipinski definition) is 5. The molecule has 1 N–H and O–H groups in total. The molecule has 1 aromatic carbocycles. The highest BCUT2D eigenvalue weighted by molar-refractivity contribution is 5.81. The van der Waals surface area contributed by atoms with Crippen LogP contribution in [-0.2, 0) is 0 Å². The lowest BCUT2D eigenvalue weighted by Gasteiger charge is -2.08. The predicted molar refractivity (Wildman–Crippen MR) is 99.5 cm³/mol. The zero-order valence-corrected chi connectivity index (χ0v) is 15.5. The highest BCUT2D eigenvalue weighted by Gasteiger charge is 2.27. The first kappa shape index (κ1) is 20.3. The van der Waals surface area contributed by atoms with Gasteiger partial charge in [-0.2, -0.15) is 23.4 Å². The normalized spacial score (nSPS) is 11.5. The summed E-state index contributed by atoms with van der Waals surface area (Å²) in [5, 5.41) is 14.0. The molecule has 0 fully saturated rings. The van der Waals surface area contributed by atoms with Gasteiger partial charge in [0, 0.05) is 18.8 Å². The highest BCUT2D eigenvalue weighted by Crippen LogP contribution is 2.30. The molecular weight excluding hydrogens is 357 g/mol. The maximum atomic E-state index is 12.3. The van der Waals surface area contributed by atoms with E-state index in [0.29, 0.717) is 5.52 Å². The van der Waals surface area contributed by atoms with Crippen LogP contribution in [-0.4, -0.2) is 34.4 Å². The minimum absolute atomic E-state index is 0.0816. The first-order valence-electron chi connectivity index (χ1n) is 8.43. The zero-order valence-electron chi connectivity index (χ0n) is 15.5. The summed E-state index contributed by atoms with van der Waals surface area (Å²) in [6.45, 7) is 4.75. The monoisotopic (exact) mass is 378 g/mol. The van der Waals surface area contributed by atoms with Gasteiger partial charge in [0.25, 0.3) is 0 Å². The summed E-state index contributed by atoms with van der Waals surface area (Å²) in [5.74, 6) is -0.0816. The summed E-state index contributed by atoms with van der Waals surface area (Å²) >= 11 is 0. The first-order valence-corrected chi connectivity index (χ1v) is 8.43. The first-order chi connectivity index (χ1) is 12.9. The van der Waals surface area contributed by atoms with Crippen molar-refractivity contribution in [3.63, 3.8) is 0 Å². The minimum atomic E-state index is -4.32. The maximum absolute atomic E-state index is 12.3. The Kier molecular flexibility index (Phi) is 6.49. The second-order valence-electron chi connectivity index (χ2n) is 5.41. The minimum Gasteiger partial charge on any atom is -0.344 e. The van der Waals surface area contributed by atoms with Crippen LogP contribution in [0.15, 0.2) is 46.9 Å². The molecule has 0 spiro atoms. The van der Waals surface area contributed by atoms with E-state index in [-0.39, 0.29) is 5.95 Å². The van der Waals surface area contributed by atoms with Gasteiger partial charge in [0.15, 0.2) is 0 Å². The average molecular weight is 378 g/mol. The molecule has 0 aliphatic rings. The SMILES string of the molecule is CC.CN=Nc1ccc(-c2ccn3nc(NCC(F)(F)F)ncc23)cc1C. The van der Waals surface area contributed by atoms with Crippen molar-refractivity contribution in [2.75, 3.05) is 18.9 Å². The summed E-state index contributed by atoms with van der Waals surface area (Å²) in [7, 11) is 1.61. The summed E-state index contributed by atoms with van der Waals surface area (Å²) in [6.07, 6.45) is -1.15. The van der Waals surface area contributed by atoms with E-state index >= 15 is 0 Å². The molecule has 0 saturated carbocycles. The van der Waals surface area contributed by atoms with Gasteiger partial charge in [-0.15, -0.1) is 5.10 Å². The molecule has 2 aromatic heterocycles. The number of nitrogens with zero attached hydrogens (tertiary/aromatic N) is 5. The van der Waals surface area contributed by atoms with Gasteiger partial charge in [-0.05, 0) is 36.2 Å². The van der Waals surface area contributed by atoms with Crippen molar-refractivity contribution in [1.82, 2.24) is 14.6 Å². The number of anilines is 1. The van der Waals surface area contributed by atoms with Crippen LogP contribution in [0, 0.1) is 6.92 Å². The van der Waals surface area contributed by atoms with Crippen LogP contribution in [0.5, 0.6) is 0 Å². The van der Waals surface area contributed by atoms with Crippen LogP contribution in [0.3, 0.4) is 0 Å². The Hall–Kier alpha value is -2.97. The van der Waals surface area contributed by atoms with Crippen molar-refractivity contribution in [3.05, 3.63) is 42.2 Å². The van der Waals surface area contributed by atoms with Gasteiger partial charge < -0.3 is 5.32 Å². The van der Waals surface area contributed by atoms with Gasteiger partial charge in [0.1, 0.15) is 6.54 Å². The Morgan fingerprint density at radius 2 is 1.93 bits per heavy atom. The average Bonchev–Trinajstić information content (AvgIpc) is 3.06. The number of alkyl halides is 3. The van der Waals surface area contributed by atoms with Crippen molar-refractivity contribution >= 4 is 17.2 Å². The van der Waals surface area contributed by atoms with E-state index in [1.807, 2.05) is 45.0 Å². The molecule has 144 valence electrons. The topological polar surface area (TPSA) is 66.9 Å². The quantitative estimate of drug-likeness (QED) is 0.617. The molecular formula is C18H21F3N6. The third kappa shape index (κ3) is 5.02. The number of aromatic nitrogens is 3. The van der Waals surface area contributed by atoms with Gasteiger partial charge in [-0.1, -0.05) is 19.9 Å². The largest absolute Gasteiger partial charge is 0.405 e. The van der Waals surface area contributed by atoms with Crippen LogP contribution < -0.4 is 5.32 Å². The Morgan fingerprint density at radius 3 is 2.56 bits per heavy atom. The van der Waals surface area contributed by atoms with Crippen molar-refractivity contribution < 1.29 is 13.2 Å². The van der Waals surface area contributed by atoms with Crippen LogP contribution in [0.2, 0.25) is 0 Å². The fourth-order valence-electron chi connectivity index (χ4n) is 2.45. The molecule has 2 heterocycles. The summed E-state index contributed by atoms with van der Waals surface area (Å²) in [4.78, 5) is 3.96. The highest BCUT2D eigenvalue weighted by atomic mass is 19.4. The van der Waals surface area contributed by atoms with Gasteiger partial charge >= 0.3 is 6.18 Å². The number of fused-ring (bicyclic) bond motifs is 1. The van der Waals surface area contributed by atoms with Crippen LogP contribution >= 0.6 is 0 Å². The van der Waals surface area contributed by atoms with Crippen molar-refractivity contribution in [2.24, 2.45) is 10.2 Å². The number of nitrogens with one attached hydrogen (secondary N) is 1. The van der Waals surface area contributed by atoms with Gasteiger partial charge in [0.2, 0.25) is 5.95 Å². The molecule has 0 aliphatic heterocycles. The molecule has 0 radical (unpaired) electrons. The number of aryl methyl sites for hydroxylation is 1. The Bertz CT molecular complexity index is 930.